The Hall–Kier alpha value is -1.02. The van der Waals surface area contributed by atoms with E-state index in [0.29, 0.717) is 31.7 Å². The predicted molar refractivity (Wildman–Crippen MR) is 77.9 cm³/mol. The summed E-state index contributed by atoms with van der Waals surface area (Å²) >= 11 is 0. The second-order valence-electron chi connectivity index (χ2n) is 5.08. The molecule has 1 aliphatic heterocycles. The lowest BCUT2D eigenvalue weighted by atomic mass is 10.1. The topological polar surface area (TPSA) is 67.4 Å². The minimum absolute atomic E-state index is 0.287. The minimum atomic E-state index is -3.85. The van der Waals surface area contributed by atoms with Gasteiger partial charge in [0.05, 0.1) is 6.61 Å². The third kappa shape index (κ3) is 4.47. The summed E-state index contributed by atoms with van der Waals surface area (Å²) in [4.78, 5) is -0.312. The monoisotopic (exact) mass is 316 g/mol. The first-order valence-electron chi connectivity index (χ1n) is 7.12. The van der Waals surface area contributed by atoms with E-state index in [1.165, 1.54) is 12.1 Å². The van der Waals surface area contributed by atoms with Crippen LogP contribution in [0.5, 0.6) is 0 Å². The van der Waals surface area contributed by atoms with Crippen molar-refractivity contribution in [3.8, 4) is 0 Å². The number of hydrogen-bond donors (Lipinski definition) is 2. The maximum absolute atomic E-state index is 14.0. The Morgan fingerprint density at radius 2 is 2.24 bits per heavy atom. The Morgan fingerprint density at radius 3 is 2.86 bits per heavy atom. The number of nitrogens with one attached hydrogen (secondary N) is 2. The largest absolute Gasteiger partial charge is 0.380 e. The number of hydrogen-bond acceptors (Lipinski definition) is 4. The summed E-state index contributed by atoms with van der Waals surface area (Å²) in [5.74, 6) is -0.727. The molecule has 118 valence electrons. The van der Waals surface area contributed by atoms with Crippen molar-refractivity contribution in [3.05, 3.63) is 29.6 Å². The molecule has 1 aliphatic rings. The molecule has 0 aliphatic carbocycles. The van der Waals surface area contributed by atoms with Gasteiger partial charge in [-0.1, -0.05) is 13.0 Å². The molecule has 2 rings (SSSR count). The summed E-state index contributed by atoms with van der Waals surface area (Å²) in [6.07, 6.45) is 1.51. The highest BCUT2D eigenvalue weighted by Crippen LogP contribution is 2.18. The zero-order valence-corrected chi connectivity index (χ0v) is 12.9. The van der Waals surface area contributed by atoms with Crippen LogP contribution in [0, 0.1) is 5.82 Å². The van der Waals surface area contributed by atoms with Crippen LogP contribution in [-0.2, 0) is 21.3 Å². The van der Waals surface area contributed by atoms with Crippen molar-refractivity contribution in [2.75, 3.05) is 19.8 Å². The Balaban J connectivity index is 2.11. The zero-order chi connectivity index (χ0) is 15.3. The fourth-order valence-corrected chi connectivity index (χ4v) is 3.57. The van der Waals surface area contributed by atoms with Gasteiger partial charge in [-0.05, 0) is 37.1 Å². The van der Waals surface area contributed by atoms with Gasteiger partial charge in [0.1, 0.15) is 10.7 Å². The van der Waals surface area contributed by atoms with E-state index in [9.17, 15) is 12.8 Å². The first kappa shape index (κ1) is 16.4. The molecular formula is C14H21FN2O3S. The fourth-order valence-electron chi connectivity index (χ4n) is 2.26. The van der Waals surface area contributed by atoms with Crippen molar-refractivity contribution in [2.24, 2.45) is 0 Å². The van der Waals surface area contributed by atoms with Crippen LogP contribution in [0.4, 0.5) is 4.39 Å². The van der Waals surface area contributed by atoms with E-state index in [1.54, 1.807) is 6.07 Å². The number of ether oxygens (including phenoxy) is 1. The summed E-state index contributed by atoms with van der Waals surface area (Å²) in [6.45, 7) is 4.21. The summed E-state index contributed by atoms with van der Waals surface area (Å²) < 4.78 is 46.2. The molecule has 1 atom stereocenters. The van der Waals surface area contributed by atoms with Crippen molar-refractivity contribution in [1.29, 1.82) is 0 Å². The molecule has 0 spiro atoms. The quantitative estimate of drug-likeness (QED) is 0.832. The highest BCUT2D eigenvalue weighted by molar-refractivity contribution is 7.89. The second kappa shape index (κ2) is 7.31. The molecule has 1 unspecified atom stereocenters. The van der Waals surface area contributed by atoms with E-state index >= 15 is 0 Å². The van der Waals surface area contributed by atoms with Gasteiger partial charge in [-0.2, -0.15) is 0 Å². The molecule has 7 heteroatoms. The predicted octanol–water partition coefficient (Wildman–Crippen LogP) is 1.39. The summed E-state index contributed by atoms with van der Waals surface area (Å²) in [5, 5.41) is 3.07. The van der Waals surface area contributed by atoms with Crippen LogP contribution >= 0.6 is 0 Å². The number of sulfonamides is 1. The molecule has 0 bridgehead atoms. The van der Waals surface area contributed by atoms with Crippen LogP contribution in [0.1, 0.15) is 25.3 Å². The second-order valence-corrected chi connectivity index (χ2v) is 6.76. The van der Waals surface area contributed by atoms with E-state index in [2.05, 4.69) is 10.0 Å². The van der Waals surface area contributed by atoms with E-state index in [1.807, 2.05) is 6.92 Å². The third-order valence-corrected chi connectivity index (χ3v) is 4.90. The molecule has 21 heavy (non-hydrogen) atoms. The first-order valence-corrected chi connectivity index (χ1v) is 8.60. The normalized spacial score (nSPS) is 19.6. The molecule has 1 aromatic carbocycles. The number of benzene rings is 1. The van der Waals surface area contributed by atoms with Crippen LogP contribution < -0.4 is 10.0 Å². The Morgan fingerprint density at radius 1 is 1.43 bits per heavy atom. The average Bonchev–Trinajstić information content (AvgIpc) is 2.45. The van der Waals surface area contributed by atoms with Crippen molar-refractivity contribution in [1.82, 2.24) is 10.0 Å². The first-order chi connectivity index (χ1) is 10.0. The van der Waals surface area contributed by atoms with Gasteiger partial charge in [0, 0.05) is 19.2 Å². The standard InChI is InChI=1S/C14H21FN2O3S/c1-2-16-9-11-5-6-14(13(15)8-11)21(18,19)17-12-4-3-7-20-10-12/h5-6,8,12,16-17H,2-4,7,9-10H2,1H3. The number of rotatable bonds is 6. The fraction of sp³-hybridized carbons (Fsp3) is 0.571. The van der Waals surface area contributed by atoms with Gasteiger partial charge in [-0.15, -0.1) is 0 Å². The van der Waals surface area contributed by atoms with Gasteiger partial charge in [0.2, 0.25) is 10.0 Å². The van der Waals surface area contributed by atoms with Crippen molar-refractivity contribution >= 4 is 10.0 Å². The van der Waals surface area contributed by atoms with E-state index in [-0.39, 0.29) is 10.9 Å². The maximum Gasteiger partial charge on any atom is 0.243 e. The highest BCUT2D eigenvalue weighted by Gasteiger charge is 2.24. The third-order valence-electron chi connectivity index (χ3n) is 3.35. The molecule has 0 amide bonds. The van der Waals surface area contributed by atoms with E-state index in [4.69, 9.17) is 4.74 Å². The highest BCUT2D eigenvalue weighted by atomic mass is 32.2. The summed E-state index contributed by atoms with van der Waals surface area (Å²) in [5.41, 5.74) is 0.717. The molecular weight excluding hydrogens is 295 g/mol. The van der Waals surface area contributed by atoms with Crippen molar-refractivity contribution in [3.63, 3.8) is 0 Å². The number of halogens is 1. The van der Waals surface area contributed by atoms with Gasteiger partial charge < -0.3 is 10.1 Å². The molecule has 1 heterocycles. The van der Waals surface area contributed by atoms with Gasteiger partial charge in [-0.25, -0.2) is 17.5 Å². The molecule has 0 saturated carbocycles. The average molecular weight is 316 g/mol. The molecule has 2 N–H and O–H groups in total. The van der Waals surface area contributed by atoms with E-state index in [0.717, 1.165) is 13.0 Å². The minimum Gasteiger partial charge on any atom is -0.380 e. The Labute approximate surface area is 124 Å². The zero-order valence-electron chi connectivity index (χ0n) is 12.1. The Kier molecular flexibility index (Phi) is 5.69. The molecule has 0 radical (unpaired) electrons. The van der Waals surface area contributed by atoms with E-state index < -0.39 is 15.8 Å². The van der Waals surface area contributed by atoms with Gasteiger partial charge >= 0.3 is 0 Å². The molecule has 1 fully saturated rings. The lowest BCUT2D eigenvalue weighted by Crippen LogP contribution is -2.40. The lowest BCUT2D eigenvalue weighted by Gasteiger charge is -2.23. The van der Waals surface area contributed by atoms with Crippen LogP contribution in [0.25, 0.3) is 0 Å². The molecule has 5 nitrogen and oxygen atoms in total. The Bertz CT molecular complexity index is 572. The van der Waals surface area contributed by atoms with Gasteiger partial charge in [0.15, 0.2) is 0 Å². The lowest BCUT2D eigenvalue weighted by molar-refractivity contribution is 0.0774. The van der Waals surface area contributed by atoms with Crippen LogP contribution in [0.3, 0.4) is 0 Å². The summed E-state index contributed by atoms with van der Waals surface area (Å²) in [6, 6.07) is 3.91. The molecule has 1 aromatic rings. The van der Waals surface area contributed by atoms with Crippen LogP contribution in [-0.4, -0.2) is 34.2 Å². The van der Waals surface area contributed by atoms with Crippen molar-refractivity contribution < 1.29 is 17.5 Å². The maximum atomic E-state index is 14.0. The smallest absolute Gasteiger partial charge is 0.243 e. The SMILES string of the molecule is CCNCc1ccc(S(=O)(=O)NC2CCCOC2)c(F)c1. The van der Waals surface area contributed by atoms with Crippen molar-refractivity contribution in [2.45, 2.75) is 37.2 Å². The van der Waals surface area contributed by atoms with Crippen LogP contribution in [0.15, 0.2) is 23.1 Å². The van der Waals surface area contributed by atoms with Crippen LogP contribution in [0.2, 0.25) is 0 Å². The molecule has 0 aromatic heterocycles. The molecule has 1 saturated heterocycles. The van der Waals surface area contributed by atoms with Gasteiger partial charge in [-0.3, -0.25) is 0 Å². The van der Waals surface area contributed by atoms with Gasteiger partial charge in [0.25, 0.3) is 0 Å². The summed E-state index contributed by atoms with van der Waals surface area (Å²) in [7, 11) is -3.85.